The van der Waals surface area contributed by atoms with Crippen molar-refractivity contribution in [2.24, 2.45) is 0 Å². The molecule has 0 aromatic heterocycles. The van der Waals surface area contributed by atoms with Crippen molar-refractivity contribution < 1.29 is 8.95 Å². The Balaban J connectivity index is 2.36. The molecule has 4 heteroatoms. The molecule has 0 N–H and O–H groups in total. The molecule has 0 radical (unpaired) electrons. The average molecular weight is 253 g/mol. The van der Waals surface area contributed by atoms with Gasteiger partial charge in [0.15, 0.2) is 0 Å². The van der Waals surface area contributed by atoms with E-state index in [9.17, 15) is 4.21 Å². The summed E-state index contributed by atoms with van der Waals surface area (Å²) >= 11 is 0. The van der Waals surface area contributed by atoms with Crippen molar-refractivity contribution in [3.8, 4) is 5.75 Å². The lowest BCUT2D eigenvalue weighted by atomic mass is 10.2. The van der Waals surface area contributed by atoms with Crippen LogP contribution in [0.5, 0.6) is 5.75 Å². The molecule has 17 heavy (non-hydrogen) atoms. The second kappa shape index (κ2) is 4.70. The number of hydrogen-bond acceptors (Lipinski definition) is 2. The Labute approximate surface area is 104 Å². The minimum atomic E-state index is -2.31. The molecule has 1 aliphatic rings. The highest BCUT2D eigenvalue weighted by Gasteiger charge is 2.22. The first kappa shape index (κ1) is 12.5. The lowest BCUT2D eigenvalue weighted by Gasteiger charge is -2.21. The summed E-state index contributed by atoms with van der Waals surface area (Å²) in [5.41, 5.74) is 1.00. The summed E-state index contributed by atoms with van der Waals surface area (Å²) in [6.07, 6.45) is 2.23. The van der Waals surface area contributed by atoms with E-state index < -0.39 is 9.71 Å². The SMILES string of the molecule is C=S(=O)(c1ccc(OC)c(C)c1)N1CCCC1. The van der Waals surface area contributed by atoms with Crippen molar-refractivity contribution in [3.05, 3.63) is 23.8 Å². The largest absolute Gasteiger partial charge is 0.496 e. The van der Waals surface area contributed by atoms with Gasteiger partial charge in [0.05, 0.1) is 16.8 Å². The van der Waals surface area contributed by atoms with E-state index >= 15 is 0 Å². The Morgan fingerprint density at radius 2 is 2.00 bits per heavy atom. The van der Waals surface area contributed by atoms with Crippen LogP contribution in [0.2, 0.25) is 0 Å². The third-order valence-electron chi connectivity index (χ3n) is 3.22. The standard InChI is InChI=1S/C13H19NO2S/c1-11-10-12(6-7-13(11)16-2)17(3,15)14-8-4-5-9-14/h6-7,10H,3-5,8-9H2,1-2H3. The summed E-state index contributed by atoms with van der Waals surface area (Å²) in [7, 11) is -0.666. The van der Waals surface area contributed by atoms with Crippen LogP contribution in [-0.4, -0.2) is 34.6 Å². The van der Waals surface area contributed by atoms with Gasteiger partial charge in [-0.2, -0.15) is 0 Å². The number of hydrogen-bond donors (Lipinski definition) is 0. The molecule has 1 saturated heterocycles. The predicted molar refractivity (Wildman–Crippen MR) is 72.1 cm³/mol. The van der Waals surface area contributed by atoms with Gasteiger partial charge in [0.2, 0.25) is 0 Å². The van der Waals surface area contributed by atoms with Crippen LogP contribution in [0.4, 0.5) is 0 Å². The molecule has 1 unspecified atom stereocenters. The fourth-order valence-corrected chi connectivity index (χ4v) is 3.97. The summed E-state index contributed by atoms with van der Waals surface area (Å²) < 4.78 is 19.9. The van der Waals surface area contributed by atoms with Gasteiger partial charge in [0, 0.05) is 18.0 Å². The fourth-order valence-electron chi connectivity index (χ4n) is 2.18. The van der Waals surface area contributed by atoms with Crippen molar-refractivity contribution in [2.75, 3.05) is 20.2 Å². The van der Waals surface area contributed by atoms with Crippen molar-refractivity contribution in [1.29, 1.82) is 0 Å². The maximum Gasteiger partial charge on any atom is 0.121 e. The normalized spacial score (nSPS) is 20.1. The van der Waals surface area contributed by atoms with Crippen LogP contribution in [0.15, 0.2) is 23.1 Å². The van der Waals surface area contributed by atoms with Gasteiger partial charge in [-0.15, -0.1) is 0 Å². The molecule has 0 aliphatic carbocycles. The van der Waals surface area contributed by atoms with E-state index in [-0.39, 0.29) is 0 Å². The Hall–Kier alpha value is -1.00. The van der Waals surface area contributed by atoms with E-state index in [4.69, 9.17) is 4.74 Å². The molecule has 0 bridgehead atoms. The van der Waals surface area contributed by atoms with E-state index in [0.717, 1.165) is 42.1 Å². The van der Waals surface area contributed by atoms with Crippen LogP contribution < -0.4 is 4.74 Å². The Morgan fingerprint density at radius 1 is 1.35 bits per heavy atom. The van der Waals surface area contributed by atoms with Crippen LogP contribution in [0.1, 0.15) is 18.4 Å². The maximum atomic E-state index is 12.7. The number of rotatable bonds is 3. The van der Waals surface area contributed by atoms with Crippen LogP contribution in [0.3, 0.4) is 0 Å². The molecule has 1 heterocycles. The van der Waals surface area contributed by atoms with Crippen LogP contribution in [0, 0.1) is 6.92 Å². The van der Waals surface area contributed by atoms with Gasteiger partial charge < -0.3 is 4.74 Å². The molecule has 3 nitrogen and oxygen atoms in total. The second-order valence-corrected chi connectivity index (χ2v) is 6.68. The van der Waals surface area contributed by atoms with Crippen LogP contribution in [0.25, 0.3) is 0 Å². The van der Waals surface area contributed by atoms with Crippen LogP contribution in [-0.2, 0) is 9.71 Å². The highest BCUT2D eigenvalue weighted by Crippen LogP contribution is 2.25. The quantitative estimate of drug-likeness (QED) is 0.772. The molecule has 0 spiro atoms. The van der Waals surface area contributed by atoms with E-state index in [1.54, 1.807) is 7.11 Å². The molecule has 1 aromatic carbocycles. The molecular formula is C13H19NO2S. The molecule has 2 rings (SSSR count). The van der Waals surface area contributed by atoms with Gasteiger partial charge in [-0.3, -0.25) is 0 Å². The van der Waals surface area contributed by atoms with Gasteiger partial charge in [-0.25, -0.2) is 8.51 Å². The zero-order chi connectivity index (χ0) is 12.5. The van der Waals surface area contributed by atoms with Gasteiger partial charge in [0.1, 0.15) is 5.75 Å². The van der Waals surface area contributed by atoms with E-state index in [0.29, 0.717) is 0 Å². The maximum absolute atomic E-state index is 12.7. The molecule has 1 aromatic rings. The lowest BCUT2D eigenvalue weighted by Crippen LogP contribution is -2.27. The zero-order valence-corrected chi connectivity index (χ0v) is 11.3. The van der Waals surface area contributed by atoms with Gasteiger partial charge in [0.25, 0.3) is 0 Å². The monoisotopic (exact) mass is 253 g/mol. The van der Waals surface area contributed by atoms with E-state index in [1.165, 1.54) is 0 Å². The van der Waals surface area contributed by atoms with Gasteiger partial charge in [-0.1, -0.05) is 0 Å². The zero-order valence-electron chi connectivity index (χ0n) is 10.4. The molecule has 1 fully saturated rings. The third kappa shape index (κ3) is 2.33. The van der Waals surface area contributed by atoms with Gasteiger partial charge in [-0.05, 0) is 49.4 Å². The number of ether oxygens (including phenoxy) is 1. The van der Waals surface area contributed by atoms with Crippen LogP contribution >= 0.6 is 0 Å². The van der Waals surface area contributed by atoms with Crippen molar-refractivity contribution in [1.82, 2.24) is 4.31 Å². The van der Waals surface area contributed by atoms with Crippen molar-refractivity contribution >= 4 is 15.6 Å². The van der Waals surface area contributed by atoms with E-state index in [1.807, 2.05) is 29.4 Å². The van der Waals surface area contributed by atoms with Crippen molar-refractivity contribution in [2.45, 2.75) is 24.7 Å². The number of methoxy groups -OCH3 is 1. The molecule has 0 saturated carbocycles. The summed E-state index contributed by atoms with van der Waals surface area (Å²) in [6, 6.07) is 5.65. The number of aryl methyl sites for hydroxylation is 1. The molecule has 1 aliphatic heterocycles. The molecule has 1 atom stereocenters. The Morgan fingerprint density at radius 3 is 2.53 bits per heavy atom. The predicted octanol–water partition coefficient (Wildman–Crippen LogP) is 2.09. The topological polar surface area (TPSA) is 29.5 Å². The molecular weight excluding hydrogens is 234 g/mol. The van der Waals surface area contributed by atoms with Crippen molar-refractivity contribution in [3.63, 3.8) is 0 Å². The number of benzene rings is 1. The minimum absolute atomic E-state index is 0.803. The summed E-state index contributed by atoms with van der Waals surface area (Å²) in [5.74, 6) is 4.76. The smallest absolute Gasteiger partial charge is 0.121 e. The minimum Gasteiger partial charge on any atom is -0.496 e. The second-order valence-electron chi connectivity index (χ2n) is 4.41. The molecule has 94 valence electrons. The lowest BCUT2D eigenvalue weighted by molar-refractivity contribution is 0.411. The first-order valence-corrected chi connectivity index (χ1v) is 7.51. The highest BCUT2D eigenvalue weighted by molar-refractivity contribution is 7.98. The summed E-state index contributed by atoms with van der Waals surface area (Å²) in [5, 5.41) is 0. The fraction of sp³-hybridized carbons (Fsp3) is 0.462. The number of nitrogens with zero attached hydrogens (tertiary/aromatic N) is 1. The Bertz CT molecular complexity index is 502. The first-order chi connectivity index (χ1) is 8.05. The Kier molecular flexibility index (Phi) is 3.45. The van der Waals surface area contributed by atoms with E-state index in [2.05, 4.69) is 5.87 Å². The van der Waals surface area contributed by atoms with Gasteiger partial charge >= 0.3 is 0 Å². The average Bonchev–Trinajstić information content (AvgIpc) is 2.83. The third-order valence-corrected chi connectivity index (χ3v) is 5.41. The molecule has 0 amide bonds. The first-order valence-electron chi connectivity index (χ1n) is 5.82. The summed E-state index contributed by atoms with van der Waals surface area (Å²) in [4.78, 5) is 0.803. The summed E-state index contributed by atoms with van der Waals surface area (Å²) in [6.45, 7) is 3.72. The highest BCUT2D eigenvalue weighted by atomic mass is 32.2.